The van der Waals surface area contributed by atoms with Gasteiger partial charge in [0.15, 0.2) is 5.82 Å². The number of carbonyl (C=O) groups excluding carboxylic acids is 1. The zero-order valence-electron chi connectivity index (χ0n) is 14.6. The topological polar surface area (TPSA) is 67.0 Å². The van der Waals surface area contributed by atoms with E-state index in [1.807, 2.05) is 6.07 Å². The summed E-state index contributed by atoms with van der Waals surface area (Å²) in [6, 6.07) is 17.2. The number of hydrogen-bond donors (Lipinski definition) is 2. The van der Waals surface area contributed by atoms with E-state index in [0.29, 0.717) is 33.6 Å². The number of H-pyrrole nitrogens is 1. The highest BCUT2D eigenvalue weighted by atomic mass is 19.1. The van der Waals surface area contributed by atoms with Crippen LogP contribution in [0.2, 0.25) is 0 Å². The Morgan fingerprint density at radius 1 is 1.00 bits per heavy atom. The van der Waals surface area contributed by atoms with Gasteiger partial charge in [-0.3, -0.25) is 9.89 Å². The molecule has 0 radical (unpaired) electrons. The molecule has 0 fully saturated rings. The number of nitrogens with zero attached hydrogens (tertiary/aromatic N) is 1. The van der Waals surface area contributed by atoms with Crippen LogP contribution in [0.25, 0.3) is 10.9 Å². The zero-order valence-corrected chi connectivity index (χ0v) is 14.6. The molecule has 0 aliphatic carbocycles. The van der Waals surface area contributed by atoms with Crippen LogP contribution in [0.4, 0.5) is 14.6 Å². The molecule has 2 N–H and O–H groups in total. The number of aromatic nitrogens is 2. The Morgan fingerprint density at radius 3 is 2.50 bits per heavy atom. The molecule has 1 heterocycles. The number of halogens is 2. The van der Waals surface area contributed by atoms with Crippen LogP contribution in [-0.2, 0) is 6.61 Å². The smallest absolute Gasteiger partial charge is 0.256 e. The minimum absolute atomic E-state index is 0.00372. The highest BCUT2D eigenvalue weighted by Gasteiger charge is 2.12. The van der Waals surface area contributed by atoms with Crippen molar-refractivity contribution in [2.24, 2.45) is 0 Å². The van der Waals surface area contributed by atoms with Crippen LogP contribution in [-0.4, -0.2) is 16.1 Å². The Bertz CT molecular complexity index is 1120. The third-order valence-electron chi connectivity index (χ3n) is 4.13. The van der Waals surface area contributed by atoms with Gasteiger partial charge in [0.1, 0.15) is 24.0 Å². The maximum Gasteiger partial charge on any atom is 0.256 e. The summed E-state index contributed by atoms with van der Waals surface area (Å²) in [5.41, 5.74) is 1.61. The van der Waals surface area contributed by atoms with Crippen LogP contribution < -0.4 is 10.1 Å². The molecule has 0 aliphatic rings. The van der Waals surface area contributed by atoms with Crippen molar-refractivity contribution >= 4 is 22.6 Å². The number of amides is 1. The molecule has 140 valence electrons. The minimum Gasteiger partial charge on any atom is -0.489 e. The van der Waals surface area contributed by atoms with E-state index in [-0.39, 0.29) is 12.5 Å². The Hall–Kier alpha value is -3.74. The lowest BCUT2D eigenvalue weighted by Crippen LogP contribution is -2.12. The van der Waals surface area contributed by atoms with Gasteiger partial charge in [-0.05, 0) is 48.0 Å². The maximum absolute atomic E-state index is 13.3. The Labute approximate surface area is 159 Å². The number of ether oxygens (including phenoxy) is 1. The van der Waals surface area contributed by atoms with E-state index in [9.17, 15) is 13.6 Å². The standard InChI is InChI=1S/C21H15F2N3O2/c22-15-8-13(9-16(23)10-15)12-28-17-6-7-19-18(11-17)20(26-25-19)24-21(27)14-4-2-1-3-5-14/h1-11H,12H2,(H2,24,25,26,27). The first kappa shape index (κ1) is 17.7. The van der Waals surface area contributed by atoms with E-state index in [1.54, 1.807) is 42.5 Å². The molecule has 0 spiro atoms. The third-order valence-corrected chi connectivity index (χ3v) is 4.13. The first-order valence-corrected chi connectivity index (χ1v) is 8.51. The number of fused-ring (bicyclic) bond motifs is 1. The number of benzene rings is 3. The first-order chi connectivity index (χ1) is 13.6. The van der Waals surface area contributed by atoms with Gasteiger partial charge in [0.2, 0.25) is 0 Å². The lowest BCUT2D eigenvalue weighted by molar-refractivity contribution is 0.102. The van der Waals surface area contributed by atoms with Crippen LogP contribution in [0, 0.1) is 11.6 Å². The lowest BCUT2D eigenvalue weighted by Gasteiger charge is -2.07. The number of anilines is 1. The van der Waals surface area contributed by atoms with Gasteiger partial charge in [0.05, 0.1) is 5.52 Å². The van der Waals surface area contributed by atoms with Gasteiger partial charge in [-0.25, -0.2) is 8.78 Å². The van der Waals surface area contributed by atoms with Crippen molar-refractivity contribution in [3.05, 3.63) is 89.5 Å². The van der Waals surface area contributed by atoms with Crippen molar-refractivity contribution < 1.29 is 18.3 Å². The highest BCUT2D eigenvalue weighted by molar-refractivity contribution is 6.07. The van der Waals surface area contributed by atoms with E-state index >= 15 is 0 Å². The summed E-state index contributed by atoms with van der Waals surface area (Å²) in [5, 5.41) is 10.4. The van der Waals surface area contributed by atoms with E-state index < -0.39 is 11.6 Å². The molecule has 28 heavy (non-hydrogen) atoms. The summed E-state index contributed by atoms with van der Waals surface area (Å²) in [4.78, 5) is 12.3. The van der Waals surface area contributed by atoms with E-state index in [1.165, 1.54) is 12.1 Å². The molecule has 1 amide bonds. The van der Waals surface area contributed by atoms with Crippen molar-refractivity contribution in [3.63, 3.8) is 0 Å². The first-order valence-electron chi connectivity index (χ1n) is 8.51. The van der Waals surface area contributed by atoms with Gasteiger partial charge in [0.25, 0.3) is 5.91 Å². The van der Waals surface area contributed by atoms with E-state index in [4.69, 9.17) is 4.74 Å². The fourth-order valence-electron chi connectivity index (χ4n) is 2.81. The summed E-state index contributed by atoms with van der Waals surface area (Å²) in [6.07, 6.45) is 0. The fraction of sp³-hybridized carbons (Fsp3) is 0.0476. The second kappa shape index (κ2) is 7.48. The Morgan fingerprint density at radius 2 is 1.75 bits per heavy atom. The molecule has 0 atom stereocenters. The molecule has 4 aromatic rings. The number of nitrogens with one attached hydrogen (secondary N) is 2. The lowest BCUT2D eigenvalue weighted by atomic mass is 10.2. The normalized spacial score (nSPS) is 10.8. The van der Waals surface area contributed by atoms with Gasteiger partial charge in [-0.15, -0.1) is 0 Å². The van der Waals surface area contributed by atoms with Gasteiger partial charge < -0.3 is 10.1 Å². The largest absolute Gasteiger partial charge is 0.489 e. The molecular formula is C21H15F2N3O2. The van der Waals surface area contributed by atoms with Gasteiger partial charge in [0, 0.05) is 17.0 Å². The molecular weight excluding hydrogens is 364 g/mol. The SMILES string of the molecule is O=C(Nc1n[nH]c2ccc(OCc3cc(F)cc(F)c3)cc12)c1ccccc1. The predicted molar refractivity (Wildman–Crippen MR) is 101 cm³/mol. The molecule has 0 saturated heterocycles. The van der Waals surface area contributed by atoms with Gasteiger partial charge >= 0.3 is 0 Å². The Kier molecular flexibility index (Phi) is 4.72. The zero-order chi connectivity index (χ0) is 19.5. The van der Waals surface area contributed by atoms with Crippen LogP contribution in [0.1, 0.15) is 15.9 Å². The second-order valence-electron chi connectivity index (χ2n) is 6.17. The van der Waals surface area contributed by atoms with Crippen molar-refractivity contribution in [3.8, 4) is 5.75 Å². The molecule has 0 saturated carbocycles. The fourth-order valence-corrected chi connectivity index (χ4v) is 2.81. The van der Waals surface area contributed by atoms with Crippen molar-refractivity contribution in [1.82, 2.24) is 10.2 Å². The summed E-state index contributed by atoms with van der Waals surface area (Å²) in [7, 11) is 0. The molecule has 5 nitrogen and oxygen atoms in total. The molecule has 3 aromatic carbocycles. The molecule has 1 aromatic heterocycles. The van der Waals surface area contributed by atoms with Gasteiger partial charge in [-0.1, -0.05) is 18.2 Å². The monoisotopic (exact) mass is 379 g/mol. The summed E-state index contributed by atoms with van der Waals surface area (Å²) in [6.45, 7) is 0.00372. The number of hydrogen-bond acceptors (Lipinski definition) is 3. The number of carbonyl (C=O) groups is 1. The molecule has 4 rings (SSSR count). The Balaban J connectivity index is 1.53. The van der Waals surface area contributed by atoms with Crippen LogP contribution in [0.3, 0.4) is 0 Å². The molecule has 0 bridgehead atoms. The van der Waals surface area contributed by atoms with Crippen molar-refractivity contribution in [2.45, 2.75) is 6.61 Å². The van der Waals surface area contributed by atoms with Gasteiger partial charge in [-0.2, -0.15) is 5.10 Å². The summed E-state index contributed by atoms with van der Waals surface area (Å²) >= 11 is 0. The summed E-state index contributed by atoms with van der Waals surface area (Å²) in [5.74, 6) is -0.750. The maximum atomic E-state index is 13.3. The number of aromatic amines is 1. The van der Waals surface area contributed by atoms with Crippen molar-refractivity contribution in [1.29, 1.82) is 0 Å². The summed E-state index contributed by atoms with van der Waals surface area (Å²) < 4.78 is 32.2. The van der Waals surface area contributed by atoms with Crippen LogP contribution >= 0.6 is 0 Å². The average Bonchev–Trinajstić information content (AvgIpc) is 3.08. The predicted octanol–water partition coefficient (Wildman–Crippen LogP) is 4.67. The van der Waals surface area contributed by atoms with E-state index in [2.05, 4.69) is 15.5 Å². The second-order valence-corrected chi connectivity index (χ2v) is 6.17. The molecule has 0 aliphatic heterocycles. The third kappa shape index (κ3) is 3.83. The highest BCUT2D eigenvalue weighted by Crippen LogP contribution is 2.26. The minimum atomic E-state index is -0.658. The van der Waals surface area contributed by atoms with Crippen LogP contribution in [0.5, 0.6) is 5.75 Å². The molecule has 0 unspecified atom stereocenters. The van der Waals surface area contributed by atoms with Crippen LogP contribution in [0.15, 0.2) is 66.7 Å². The number of rotatable bonds is 5. The average molecular weight is 379 g/mol. The van der Waals surface area contributed by atoms with Crippen molar-refractivity contribution in [2.75, 3.05) is 5.32 Å². The quantitative estimate of drug-likeness (QED) is 0.529. The molecule has 7 heteroatoms. The van der Waals surface area contributed by atoms with E-state index in [0.717, 1.165) is 6.07 Å².